The van der Waals surface area contributed by atoms with Gasteiger partial charge in [0.05, 0.1) is 6.04 Å². The number of oxazole rings is 1. The number of carbonyl (C=O) groups excluding carboxylic acids is 1. The van der Waals surface area contributed by atoms with Crippen LogP contribution in [0.2, 0.25) is 0 Å². The number of likely N-dealkylation sites (tertiary alicyclic amines) is 2. The Morgan fingerprint density at radius 1 is 1.23 bits per heavy atom. The zero-order valence-electron chi connectivity index (χ0n) is 15.5. The predicted molar refractivity (Wildman–Crippen MR) is 100 cm³/mol. The number of carbonyl (C=O) groups is 1. The van der Waals surface area contributed by atoms with Crippen molar-refractivity contribution in [2.24, 2.45) is 11.3 Å². The van der Waals surface area contributed by atoms with Crippen LogP contribution in [0.15, 0.2) is 28.7 Å². The molecule has 138 valence electrons. The van der Waals surface area contributed by atoms with Gasteiger partial charge in [-0.15, -0.1) is 0 Å². The molecule has 0 radical (unpaired) electrons. The van der Waals surface area contributed by atoms with Gasteiger partial charge in [0.1, 0.15) is 5.52 Å². The maximum absolute atomic E-state index is 12.6. The molecule has 3 fully saturated rings. The Balaban J connectivity index is 1.33. The first-order valence-corrected chi connectivity index (χ1v) is 9.63. The van der Waals surface area contributed by atoms with Gasteiger partial charge in [-0.3, -0.25) is 9.69 Å². The molecule has 0 N–H and O–H groups in total. The third kappa shape index (κ3) is 2.42. The summed E-state index contributed by atoms with van der Waals surface area (Å²) in [6, 6.07) is 8.75. The average Bonchev–Trinajstić information content (AvgIpc) is 3.26. The first-order valence-electron chi connectivity index (χ1n) is 9.63. The van der Waals surface area contributed by atoms with Crippen LogP contribution in [0.25, 0.3) is 11.1 Å². The topological polar surface area (TPSA) is 52.8 Å². The van der Waals surface area contributed by atoms with Gasteiger partial charge in [0.15, 0.2) is 5.58 Å². The highest BCUT2D eigenvalue weighted by Crippen LogP contribution is 2.45. The van der Waals surface area contributed by atoms with Crippen LogP contribution < -0.4 is 4.90 Å². The van der Waals surface area contributed by atoms with E-state index in [0.717, 1.165) is 62.7 Å². The van der Waals surface area contributed by atoms with Gasteiger partial charge in [-0.2, -0.15) is 4.98 Å². The molecule has 1 aromatic carbocycles. The van der Waals surface area contributed by atoms with Crippen molar-refractivity contribution in [3.63, 3.8) is 0 Å². The molecule has 1 unspecified atom stereocenters. The Bertz CT molecular complexity index is 816. The molecule has 2 aromatic rings. The van der Waals surface area contributed by atoms with Crippen molar-refractivity contribution in [3.05, 3.63) is 24.3 Å². The molecule has 3 aliphatic rings. The molecule has 6 nitrogen and oxygen atoms in total. The maximum atomic E-state index is 12.6. The number of fused-ring (bicyclic) bond motifs is 2. The molecule has 1 amide bonds. The van der Waals surface area contributed by atoms with Gasteiger partial charge in [0, 0.05) is 45.2 Å². The second-order valence-corrected chi connectivity index (χ2v) is 8.54. The number of hydrogen-bond acceptors (Lipinski definition) is 5. The number of rotatable bonds is 2. The van der Waals surface area contributed by atoms with Gasteiger partial charge < -0.3 is 14.2 Å². The second kappa shape index (κ2) is 5.71. The van der Waals surface area contributed by atoms with Crippen molar-refractivity contribution in [2.75, 3.05) is 44.7 Å². The van der Waals surface area contributed by atoms with Gasteiger partial charge in [-0.1, -0.05) is 19.1 Å². The number of hydrogen-bond donors (Lipinski definition) is 0. The molecule has 6 heteroatoms. The van der Waals surface area contributed by atoms with Crippen LogP contribution in [-0.4, -0.2) is 66.5 Å². The lowest BCUT2D eigenvalue weighted by Gasteiger charge is -2.36. The third-order valence-corrected chi connectivity index (χ3v) is 6.62. The largest absolute Gasteiger partial charge is 0.423 e. The highest BCUT2D eigenvalue weighted by Gasteiger charge is 2.52. The molecule has 0 spiro atoms. The molecule has 5 rings (SSSR count). The highest BCUT2D eigenvalue weighted by molar-refractivity contribution is 5.82. The van der Waals surface area contributed by atoms with Gasteiger partial charge in [-0.25, -0.2) is 0 Å². The van der Waals surface area contributed by atoms with Gasteiger partial charge in [0.2, 0.25) is 5.91 Å². The van der Waals surface area contributed by atoms with E-state index >= 15 is 0 Å². The summed E-state index contributed by atoms with van der Waals surface area (Å²) >= 11 is 0. The summed E-state index contributed by atoms with van der Waals surface area (Å²) in [4.78, 5) is 23.9. The molecular weight excluding hydrogens is 328 g/mol. The fourth-order valence-electron chi connectivity index (χ4n) is 5.11. The van der Waals surface area contributed by atoms with Crippen molar-refractivity contribution in [2.45, 2.75) is 25.8 Å². The van der Waals surface area contributed by atoms with Crippen molar-refractivity contribution < 1.29 is 9.21 Å². The second-order valence-electron chi connectivity index (χ2n) is 8.54. The number of aromatic nitrogens is 1. The number of benzene rings is 1. The molecule has 0 aliphatic carbocycles. The van der Waals surface area contributed by atoms with Gasteiger partial charge >= 0.3 is 0 Å². The summed E-state index contributed by atoms with van der Waals surface area (Å²) in [6.45, 7) is 7.14. The SMILES string of the molecule is CN1CCCC(N2C[C@@H]3CN(c4nc5ccccc5o4)C[C@]3(C)C2)C1=O. The molecule has 4 heterocycles. The quantitative estimate of drug-likeness (QED) is 0.828. The van der Waals surface area contributed by atoms with E-state index in [4.69, 9.17) is 4.42 Å². The summed E-state index contributed by atoms with van der Waals surface area (Å²) in [5.74, 6) is 0.855. The number of likely N-dealkylation sites (N-methyl/N-ethyl adjacent to an activating group) is 1. The van der Waals surface area contributed by atoms with Gasteiger partial charge in [-0.05, 0) is 30.9 Å². The number of anilines is 1. The van der Waals surface area contributed by atoms with Crippen LogP contribution >= 0.6 is 0 Å². The monoisotopic (exact) mass is 354 g/mol. The molecular formula is C20H26N4O2. The lowest BCUT2D eigenvalue weighted by molar-refractivity contribution is -0.138. The zero-order valence-corrected chi connectivity index (χ0v) is 15.5. The van der Waals surface area contributed by atoms with Crippen molar-refractivity contribution >= 4 is 23.0 Å². The first-order chi connectivity index (χ1) is 12.5. The summed E-state index contributed by atoms with van der Waals surface area (Å²) < 4.78 is 5.98. The lowest BCUT2D eigenvalue weighted by atomic mass is 9.83. The summed E-state index contributed by atoms with van der Waals surface area (Å²) in [5, 5.41) is 0. The Morgan fingerprint density at radius 2 is 2.08 bits per heavy atom. The van der Waals surface area contributed by atoms with Gasteiger partial charge in [0.25, 0.3) is 6.01 Å². The number of piperidine rings is 1. The lowest BCUT2D eigenvalue weighted by Crippen LogP contribution is -2.51. The van der Waals surface area contributed by atoms with E-state index in [1.165, 1.54) is 0 Å². The summed E-state index contributed by atoms with van der Waals surface area (Å²) in [5.41, 5.74) is 1.96. The van der Waals surface area contributed by atoms with Crippen LogP contribution in [0.4, 0.5) is 6.01 Å². The van der Waals surface area contributed by atoms with Crippen molar-refractivity contribution in [1.82, 2.24) is 14.8 Å². The number of nitrogens with zero attached hydrogens (tertiary/aromatic N) is 4. The summed E-state index contributed by atoms with van der Waals surface area (Å²) in [7, 11) is 1.93. The Kier molecular flexibility index (Phi) is 3.54. The minimum absolute atomic E-state index is 0.0777. The van der Waals surface area contributed by atoms with Crippen LogP contribution in [0.1, 0.15) is 19.8 Å². The fourth-order valence-corrected chi connectivity index (χ4v) is 5.11. The highest BCUT2D eigenvalue weighted by atomic mass is 16.4. The van der Waals surface area contributed by atoms with Crippen molar-refractivity contribution in [3.8, 4) is 0 Å². The molecule has 26 heavy (non-hydrogen) atoms. The molecule has 0 saturated carbocycles. The van der Waals surface area contributed by atoms with E-state index < -0.39 is 0 Å². The number of para-hydroxylation sites is 2. The fraction of sp³-hybridized carbons (Fsp3) is 0.600. The Morgan fingerprint density at radius 3 is 2.88 bits per heavy atom. The molecule has 3 atom stereocenters. The van der Waals surface area contributed by atoms with Crippen LogP contribution in [-0.2, 0) is 4.79 Å². The Hall–Kier alpha value is -2.08. The standard InChI is InChI=1S/C20H26N4O2/c1-20-12-23(16-7-5-9-22(2)18(16)25)10-14(20)11-24(13-20)19-21-15-6-3-4-8-17(15)26-19/h3-4,6,8,14,16H,5,7,9-13H2,1-2H3/t14-,16?,20+/m1/s1. The smallest absolute Gasteiger partial charge is 0.298 e. The molecule has 0 bridgehead atoms. The number of amides is 1. The van der Waals surface area contributed by atoms with Crippen LogP contribution in [0.5, 0.6) is 0 Å². The minimum Gasteiger partial charge on any atom is -0.423 e. The molecule has 1 aromatic heterocycles. The van der Waals surface area contributed by atoms with E-state index in [1.54, 1.807) is 0 Å². The van der Waals surface area contributed by atoms with Crippen LogP contribution in [0, 0.1) is 11.3 Å². The first kappa shape index (κ1) is 16.1. The van der Waals surface area contributed by atoms with E-state index in [2.05, 4.69) is 21.7 Å². The van der Waals surface area contributed by atoms with E-state index in [0.29, 0.717) is 11.8 Å². The normalized spacial score (nSPS) is 32.6. The predicted octanol–water partition coefficient (Wildman–Crippen LogP) is 2.21. The van der Waals surface area contributed by atoms with Crippen molar-refractivity contribution in [1.29, 1.82) is 0 Å². The molecule has 3 aliphatic heterocycles. The maximum Gasteiger partial charge on any atom is 0.298 e. The molecule has 3 saturated heterocycles. The van der Waals surface area contributed by atoms with Crippen LogP contribution in [0.3, 0.4) is 0 Å². The average molecular weight is 354 g/mol. The van der Waals surface area contributed by atoms with E-state index in [-0.39, 0.29) is 11.5 Å². The third-order valence-electron chi connectivity index (χ3n) is 6.62. The zero-order chi connectivity index (χ0) is 17.9. The summed E-state index contributed by atoms with van der Waals surface area (Å²) in [6.07, 6.45) is 2.11. The minimum atomic E-state index is 0.0777. The van der Waals surface area contributed by atoms with E-state index in [1.807, 2.05) is 36.2 Å². The Labute approximate surface area is 153 Å². The van der Waals surface area contributed by atoms with E-state index in [9.17, 15) is 4.79 Å².